The maximum Gasteiger partial charge on any atom is 0.307 e. The van der Waals surface area contributed by atoms with Gasteiger partial charge in [0.1, 0.15) is 5.52 Å². The normalized spacial score (nSPS) is 20.5. The number of anilines is 1. The second-order valence-corrected chi connectivity index (χ2v) is 6.37. The van der Waals surface area contributed by atoms with Crippen LogP contribution >= 0.6 is 0 Å². The maximum absolute atomic E-state index is 12.5. The lowest BCUT2D eigenvalue weighted by molar-refractivity contribution is -0.146. The van der Waals surface area contributed by atoms with Gasteiger partial charge in [-0.3, -0.25) is 9.59 Å². The SMILES string of the molecule is CC(C)c1nc2cc(NC(=O)[C@H]3CC=CC[C@@H]3C(=O)O)ccc2o1. The summed E-state index contributed by atoms with van der Waals surface area (Å²) in [6.45, 7) is 3.99. The first-order valence-corrected chi connectivity index (χ1v) is 8.05. The van der Waals surface area contributed by atoms with E-state index in [0.717, 1.165) is 0 Å². The number of carboxylic acid groups (broad SMARTS) is 1. The summed E-state index contributed by atoms with van der Waals surface area (Å²) >= 11 is 0. The summed E-state index contributed by atoms with van der Waals surface area (Å²) < 4.78 is 5.64. The van der Waals surface area contributed by atoms with Gasteiger partial charge in [-0.25, -0.2) is 4.98 Å². The van der Waals surface area contributed by atoms with Crippen LogP contribution < -0.4 is 5.32 Å². The van der Waals surface area contributed by atoms with Gasteiger partial charge in [-0.1, -0.05) is 26.0 Å². The van der Waals surface area contributed by atoms with Crippen molar-refractivity contribution in [3.8, 4) is 0 Å². The van der Waals surface area contributed by atoms with E-state index in [2.05, 4.69) is 10.3 Å². The molecule has 2 aromatic rings. The van der Waals surface area contributed by atoms with Crippen LogP contribution in [0.25, 0.3) is 11.1 Å². The fraction of sp³-hybridized carbons (Fsp3) is 0.389. The largest absolute Gasteiger partial charge is 0.481 e. The number of amides is 1. The molecule has 6 heteroatoms. The second-order valence-electron chi connectivity index (χ2n) is 6.37. The number of carbonyl (C=O) groups excluding carboxylic acids is 1. The van der Waals surface area contributed by atoms with Crippen LogP contribution in [0.1, 0.15) is 38.5 Å². The first kappa shape index (κ1) is 16.2. The van der Waals surface area contributed by atoms with Gasteiger partial charge in [0.2, 0.25) is 5.91 Å². The zero-order chi connectivity index (χ0) is 17.3. The predicted octanol–water partition coefficient (Wildman–Crippen LogP) is 3.56. The number of fused-ring (bicyclic) bond motifs is 1. The zero-order valence-electron chi connectivity index (χ0n) is 13.7. The summed E-state index contributed by atoms with van der Waals surface area (Å²) in [6, 6.07) is 5.25. The van der Waals surface area contributed by atoms with Crippen LogP contribution in [0.15, 0.2) is 34.8 Å². The summed E-state index contributed by atoms with van der Waals surface area (Å²) in [5.41, 5.74) is 1.94. The van der Waals surface area contributed by atoms with Crippen molar-refractivity contribution in [1.82, 2.24) is 4.98 Å². The molecule has 2 N–H and O–H groups in total. The highest BCUT2D eigenvalue weighted by molar-refractivity contribution is 5.96. The molecule has 1 aromatic heterocycles. The third kappa shape index (κ3) is 3.18. The molecular weight excluding hydrogens is 308 g/mol. The Bertz CT molecular complexity index is 806. The van der Waals surface area contributed by atoms with E-state index in [1.54, 1.807) is 18.2 Å². The van der Waals surface area contributed by atoms with Crippen molar-refractivity contribution in [1.29, 1.82) is 0 Å². The number of nitrogens with one attached hydrogen (secondary N) is 1. The van der Waals surface area contributed by atoms with Crippen LogP contribution in [0.2, 0.25) is 0 Å². The summed E-state index contributed by atoms with van der Waals surface area (Å²) in [6.07, 6.45) is 4.50. The number of carboxylic acids is 1. The molecule has 0 unspecified atom stereocenters. The molecule has 1 heterocycles. The van der Waals surface area contributed by atoms with Gasteiger partial charge < -0.3 is 14.8 Å². The van der Waals surface area contributed by atoms with E-state index in [9.17, 15) is 14.7 Å². The summed E-state index contributed by atoms with van der Waals surface area (Å²) in [4.78, 5) is 28.2. The van der Waals surface area contributed by atoms with Gasteiger partial charge in [-0.05, 0) is 31.0 Å². The third-order valence-corrected chi connectivity index (χ3v) is 4.25. The zero-order valence-corrected chi connectivity index (χ0v) is 13.7. The summed E-state index contributed by atoms with van der Waals surface area (Å²) in [5.74, 6) is -1.63. The number of allylic oxidation sites excluding steroid dienone is 2. The Morgan fingerprint density at radius 2 is 1.96 bits per heavy atom. The van der Waals surface area contributed by atoms with Gasteiger partial charge in [0, 0.05) is 11.6 Å². The Balaban J connectivity index is 1.79. The fourth-order valence-electron chi connectivity index (χ4n) is 2.88. The Kier molecular flexibility index (Phi) is 4.38. The van der Waals surface area contributed by atoms with Gasteiger partial charge in [-0.15, -0.1) is 0 Å². The minimum absolute atomic E-state index is 0.181. The molecular formula is C18H20N2O4. The third-order valence-electron chi connectivity index (χ3n) is 4.25. The van der Waals surface area contributed by atoms with Gasteiger partial charge in [0.25, 0.3) is 0 Å². The fourth-order valence-corrected chi connectivity index (χ4v) is 2.88. The average molecular weight is 328 g/mol. The van der Waals surface area contributed by atoms with Gasteiger partial charge in [-0.2, -0.15) is 0 Å². The molecule has 6 nitrogen and oxygen atoms in total. The van der Waals surface area contributed by atoms with E-state index < -0.39 is 17.8 Å². The summed E-state index contributed by atoms with van der Waals surface area (Å²) in [7, 11) is 0. The van der Waals surface area contributed by atoms with E-state index in [-0.39, 0.29) is 11.8 Å². The first-order chi connectivity index (χ1) is 11.5. The van der Waals surface area contributed by atoms with Gasteiger partial charge in [0.05, 0.1) is 11.8 Å². The van der Waals surface area contributed by atoms with Crippen LogP contribution in [0.3, 0.4) is 0 Å². The topological polar surface area (TPSA) is 92.4 Å². The lowest BCUT2D eigenvalue weighted by atomic mass is 9.82. The molecule has 24 heavy (non-hydrogen) atoms. The molecule has 1 amide bonds. The number of carbonyl (C=O) groups is 2. The van der Waals surface area contributed by atoms with Crippen LogP contribution in [-0.2, 0) is 9.59 Å². The van der Waals surface area contributed by atoms with Crippen molar-refractivity contribution in [2.24, 2.45) is 11.8 Å². The van der Waals surface area contributed by atoms with Crippen molar-refractivity contribution < 1.29 is 19.1 Å². The molecule has 0 radical (unpaired) electrons. The van der Waals surface area contributed by atoms with E-state index in [0.29, 0.717) is 35.5 Å². The lowest BCUT2D eigenvalue weighted by Gasteiger charge is -2.24. The van der Waals surface area contributed by atoms with Crippen LogP contribution in [0.4, 0.5) is 5.69 Å². The molecule has 0 saturated carbocycles. The Morgan fingerprint density at radius 3 is 2.62 bits per heavy atom. The predicted molar refractivity (Wildman–Crippen MR) is 89.7 cm³/mol. The van der Waals surface area contributed by atoms with Crippen molar-refractivity contribution in [2.75, 3.05) is 5.32 Å². The number of hydrogen-bond acceptors (Lipinski definition) is 4. The Morgan fingerprint density at radius 1 is 1.25 bits per heavy atom. The molecule has 3 rings (SSSR count). The number of aromatic nitrogens is 1. The molecule has 2 atom stereocenters. The summed E-state index contributed by atoms with van der Waals surface area (Å²) in [5, 5.41) is 12.1. The quantitative estimate of drug-likeness (QED) is 0.837. The van der Waals surface area contributed by atoms with Crippen molar-refractivity contribution in [3.63, 3.8) is 0 Å². The van der Waals surface area contributed by atoms with E-state index in [1.807, 2.05) is 26.0 Å². The monoisotopic (exact) mass is 328 g/mol. The molecule has 1 aliphatic carbocycles. The van der Waals surface area contributed by atoms with Gasteiger partial charge >= 0.3 is 5.97 Å². The minimum Gasteiger partial charge on any atom is -0.481 e. The van der Waals surface area contributed by atoms with E-state index >= 15 is 0 Å². The maximum atomic E-state index is 12.5. The Hall–Kier alpha value is -2.63. The minimum atomic E-state index is -0.937. The highest BCUT2D eigenvalue weighted by Crippen LogP contribution is 2.28. The highest BCUT2D eigenvalue weighted by Gasteiger charge is 2.34. The molecule has 0 spiro atoms. The molecule has 0 saturated heterocycles. The first-order valence-electron chi connectivity index (χ1n) is 8.05. The molecule has 1 aliphatic rings. The standard InChI is InChI=1S/C18H20N2O4/c1-10(2)17-20-14-9-11(7-8-15(14)24-17)19-16(21)12-5-3-4-6-13(12)18(22)23/h3-4,7-10,12-13H,5-6H2,1-2H3,(H,19,21)(H,22,23)/t12-,13-/m0/s1. The molecule has 0 aliphatic heterocycles. The smallest absolute Gasteiger partial charge is 0.307 e. The van der Waals surface area contributed by atoms with Crippen LogP contribution in [0, 0.1) is 11.8 Å². The average Bonchev–Trinajstić information content (AvgIpc) is 2.98. The van der Waals surface area contributed by atoms with Crippen molar-refractivity contribution in [3.05, 3.63) is 36.2 Å². The van der Waals surface area contributed by atoms with Crippen LogP contribution in [0.5, 0.6) is 0 Å². The Labute approximate surface area is 139 Å². The molecule has 126 valence electrons. The number of oxazole rings is 1. The van der Waals surface area contributed by atoms with Gasteiger partial charge in [0.15, 0.2) is 11.5 Å². The van der Waals surface area contributed by atoms with Crippen molar-refractivity contribution >= 4 is 28.7 Å². The van der Waals surface area contributed by atoms with E-state index in [4.69, 9.17) is 4.42 Å². The number of aliphatic carboxylic acids is 1. The second kappa shape index (κ2) is 6.47. The lowest BCUT2D eigenvalue weighted by Crippen LogP contribution is -2.34. The molecule has 0 fully saturated rings. The number of rotatable bonds is 4. The van der Waals surface area contributed by atoms with Crippen molar-refractivity contribution in [2.45, 2.75) is 32.6 Å². The number of nitrogens with zero attached hydrogens (tertiary/aromatic N) is 1. The van der Waals surface area contributed by atoms with Crippen LogP contribution in [-0.4, -0.2) is 22.0 Å². The molecule has 1 aromatic carbocycles. The highest BCUT2D eigenvalue weighted by atomic mass is 16.4. The molecule has 0 bridgehead atoms. The van der Waals surface area contributed by atoms with E-state index in [1.165, 1.54) is 0 Å². The number of hydrogen-bond donors (Lipinski definition) is 2. The number of benzene rings is 1.